The van der Waals surface area contributed by atoms with Gasteiger partial charge in [0.25, 0.3) is 0 Å². The molecule has 0 aromatic heterocycles. The third kappa shape index (κ3) is 2.90. The van der Waals surface area contributed by atoms with Crippen molar-refractivity contribution in [2.45, 2.75) is 71.5 Å². The van der Waals surface area contributed by atoms with Gasteiger partial charge in [0.1, 0.15) is 0 Å². The molecule has 114 valence electrons. The minimum absolute atomic E-state index is 0.00411. The number of likely N-dealkylation sites (tertiary alicyclic amines) is 2. The van der Waals surface area contributed by atoms with Crippen molar-refractivity contribution in [2.24, 2.45) is 5.92 Å². The summed E-state index contributed by atoms with van der Waals surface area (Å²) in [5, 5.41) is 0. The molecule has 4 nitrogen and oxygen atoms in total. The first-order valence-electron chi connectivity index (χ1n) is 8.03. The molecule has 1 unspecified atom stereocenters. The topological polar surface area (TPSA) is 40.6 Å². The molecule has 0 radical (unpaired) electrons. The number of hydrogen-bond donors (Lipinski definition) is 0. The summed E-state index contributed by atoms with van der Waals surface area (Å²) in [5.41, 5.74) is 0. The number of amides is 1. The van der Waals surface area contributed by atoms with E-state index in [0.29, 0.717) is 6.04 Å². The fourth-order valence-electron chi connectivity index (χ4n) is 3.57. The van der Waals surface area contributed by atoms with Gasteiger partial charge in [-0.2, -0.15) is 0 Å². The molecular formula is C16H28N2O2. The van der Waals surface area contributed by atoms with E-state index in [1.54, 1.807) is 0 Å². The molecule has 4 heteroatoms. The molecular weight excluding hydrogens is 252 g/mol. The summed E-state index contributed by atoms with van der Waals surface area (Å²) in [6.45, 7) is 9.91. The molecule has 0 N–H and O–H groups in total. The lowest BCUT2D eigenvalue weighted by Gasteiger charge is -2.33. The van der Waals surface area contributed by atoms with Gasteiger partial charge >= 0.3 is 0 Å². The smallest absolute Gasteiger partial charge is 0.240 e. The molecule has 2 atom stereocenters. The monoisotopic (exact) mass is 280 g/mol. The second kappa shape index (κ2) is 6.25. The molecule has 2 heterocycles. The molecule has 2 aliphatic heterocycles. The van der Waals surface area contributed by atoms with Crippen molar-refractivity contribution in [3.05, 3.63) is 0 Å². The van der Waals surface area contributed by atoms with Gasteiger partial charge in [-0.3, -0.25) is 14.5 Å². The zero-order valence-corrected chi connectivity index (χ0v) is 13.3. The van der Waals surface area contributed by atoms with Crippen molar-refractivity contribution in [1.82, 2.24) is 9.80 Å². The Morgan fingerprint density at radius 2 is 1.55 bits per heavy atom. The second-order valence-electron chi connectivity index (χ2n) is 6.74. The van der Waals surface area contributed by atoms with Gasteiger partial charge in [-0.15, -0.1) is 0 Å². The van der Waals surface area contributed by atoms with E-state index in [4.69, 9.17) is 0 Å². The average molecular weight is 280 g/mol. The predicted octanol–water partition coefficient (Wildman–Crippen LogP) is 2.08. The summed E-state index contributed by atoms with van der Waals surface area (Å²) < 4.78 is 0. The van der Waals surface area contributed by atoms with E-state index >= 15 is 0 Å². The van der Waals surface area contributed by atoms with Crippen LogP contribution in [0.4, 0.5) is 0 Å². The van der Waals surface area contributed by atoms with Crippen molar-refractivity contribution in [3.8, 4) is 0 Å². The molecule has 2 rings (SSSR count). The maximum absolute atomic E-state index is 12.8. The molecule has 1 amide bonds. The van der Waals surface area contributed by atoms with E-state index in [9.17, 15) is 9.59 Å². The van der Waals surface area contributed by atoms with Gasteiger partial charge < -0.3 is 4.90 Å². The van der Waals surface area contributed by atoms with Crippen LogP contribution in [0.1, 0.15) is 53.4 Å². The highest BCUT2D eigenvalue weighted by Gasteiger charge is 2.41. The van der Waals surface area contributed by atoms with Crippen LogP contribution < -0.4 is 0 Å². The normalized spacial score (nSPS) is 27.8. The second-order valence-corrected chi connectivity index (χ2v) is 6.74. The largest absolute Gasteiger partial charge is 0.331 e. The Kier molecular flexibility index (Phi) is 4.84. The van der Waals surface area contributed by atoms with E-state index in [-0.39, 0.29) is 29.7 Å². The molecule has 0 aliphatic carbocycles. The lowest BCUT2D eigenvalue weighted by molar-refractivity contribution is -0.142. The first-order valence-corrected chi connectivity index (χ1v) is 8.03. The van der Waals surface area contributed by atoms with E-state index in [1.165, 1.54) is 0 Å². The van der Waals surface area contributed by atoms with Crippen molar-refractivity contribution in [1.29, 1.82) is 0 Å². The summed E-state index contributed by atoms with van der Waals surface area (Å²) >= 11 is 0. The molecule has 20 heavy (non-hydrogen) atoms. The molecule has 0 aromatic rings. The standard InChI is InChI=1S/C16H28N2O2/c1-11(2)15(19)13-7-5-10-18(13)16(20)14-8-6-9-17(14)12(3)4/h11-14H,5-10H2,1-4H3/t13?,14-/m0/s1. The summed E-state index contributed by atoms with van der Waals surface area (Å²) in [6.07, 6.45) is 3.84. The van der Waals surface area contributed by atoms with Crippen LogP contribution in [-0.4, -0.2) is 52.7 Å². The molecule has 0 aromatic carbocycles. The van der Waals surface area contributed by atoms with E-state index in [0.717, 1.165) is 38.8 Å². The Hall–Kier alpha value is -0.900. The van der Waals surface area contributed by atoms with Crippen LogP contribution in [-0.2, 0) is 9.59 Å². The molecule has 2 fully saturated rings. The summed E-state index contributed by atoms with van der Waals surface area (Å²) in [4.78, 5) is 29.3. The Morgan fingerprint density at radius 3 is 2.15 bits per heavy atom. The average Bonchev–Trinajstić information content (AvgIpc) is 3.05. The van der Waals surface area contributed by atoms with Gasteiger partial charge in [-0.05, 0) is 46.1 Å². The van der Waals surface area contributed by atoms with Gasteiger partial charge in [0.2, 0.25) is 5.91 Å². The number of Topliss-reactive ketones (excluding diaryl/α,β-unsaturated/α-hetero) is 1. The first kappa shape index (κ1) is 15.5. The zero-order chi connectivity index (χ0) is 14.9. The van der Waals surface area contributed by atoms with Crippen molar-refractivity contribution < 1.29 is 9.59 Å². The number of ketones is 1. The van der Waals surface area contributed by atoms with E-state index in [1.807, 2.05) is 18.7 Å². The van der Waals surface area contributed by atoms with Crippen LogP contribution in [0.15, 0.2) is 0 Å². The molecule has 0 bridgehead atoms. The van der Waals surface area contributed by atoms with Crippen molar-refractivity contribution in [2.75, 3.05) is 13.1 Å². The number of hydrogen-bond acceptors (Lipinski definition) is 3. The van der Waals surface area contributed by atoms with Crippen molar-refractivity contribution >= 4 is 11.7 Å². The molecule has 2 aliphatic rings. The van der Waals surface area contributed by atoms with Crippen LogP contribution in [0, 0.1) is 5.92 Å². The summed E-state index contributed by atoms with van der Waals surface area (Å²) in [5.74, 6) is 0.427. The third-order valence-corrected chi connectivity index (χ3v) is 4.68. The van der Waals surface area contributed by atoms with E-state index in [2.05, 4.69) is 18.7 Å². The van der Waals surface area contributed by atoms with Crippen molar-refractivity contribution in [3.63, 3.8) is 0 Å². The fourth-order valence-corrected chi connectivity index (χ4v) is 3.57. The minimum atomic E-state index is -0.169. The highest BCUT2D eigenvalue weighted by molar-refractivity contribution is 5.92. The minimum Gasteiger partial charge on any atom is -0.331 e. The van der Waals surface area contributed by atoms with Gasteiger partial charge in [0.05, 0.1) is 12.1 Å². The number of nitrogens with zero attached hydrogens (tertiary/aromatic N) is 2. The number of carbonyl (C=O) groups excluding carboxylic acids is 2. The molecule has 0 saturated carbocycles. The highest BCUT2D eigenvalue weighted by atomic mass is 16.2. The lowest BCUT2D eigenvalue weighted by atomic mass is 9.99. The zero-order valence-electron chi connectivity index (χ0n) is 13.3. The Labute approximate surface area is 122 Å². The van der Waals surface area contributed by atoms with Crippen LogP contribution in [0.2, 0.25) is 0 Å². The van der Waals surface area contributed by atoms with Gasteiger partial charge in [-0.1, -0.05) is 13.8 Å². The first-order chi connectivity index (χ1) is 9.43. The fraction of sp³-hybridized carbons (Fsp3) is 0.875. The van der Waals surface area contributed by atoms with Crippen LogP contribution in [0.3, 0.4) is 0 Å². The highest BCUT2D eigenvalue weighted by Crippen LogP contribution is 2.27. The van der Waals surface area contributed by atoms with E-state index < -0.39 is 0 Å². The SMILES string of the molecule is CC(C)C(=O)C1CCCN1C(=O)[C@@H]1CCCN1C(C)C. The van der Waals surface area contributed by atoms with Gasteiger partial charge in [0, 0.05) is 18.5 Å². The van der Waals surface area contributed by atoms with Crippen LogP contribution >= 0.6 is 0 Å². The summed E-state index contributed by atoms with van der Waals surface area (Å²) in [6, 6.07) is 0.223. The molecule has 0 spiro atoms. The maximum Gasteiger partial charge on any atom is 0.240 e. The number of rotatable bonds is 4. The van der Waals surface area contributed by atoms with Crippen LogP contribution in [0.25, 0.3) is 0 Å². The van der Waals surface area contributed by atoms with Crippen LogP contribution in [0.5, 0.6) is 0 Å². The summed E-state index contributed by atoms with van der Waals surface area (Å²) in [7, 11) is 0. The lowest BCUT2D eigenvalue weighted by Crippen LogP contribution is -2.51. The predicted molar refractivity (Wildman–Crippen MR) is 79.4 cm³/mol. The third-order valence-electron chi connectivity index (χ3n) is 4.68. The Morgan fingerprint density at radius 1 is 0.950 bits per heavy atom. The maximum atomic E-state index is 12.8. The van der Waals surface area contributed by atoms with Gasteiger partial charge in [0.15, 0.2) is 5.78 Å². The number of carbonyl (C=O) groups is 2. The Balaban J connectivity index is 2.09. The molecule has 2 saturated heterocycles. The van der Waals surface area contributed by atoms with Gasteiger partial charge in [-0.25, -0.2) is 0 Å². The Bertz CT molecular complexity index is 379. The quantitative estimate of drug-likeness (QED) is 0.791.